The average Bonchev–Trinajstić information content (AvgIpc) is 3.39. The van der Waals surface area contributed by atoms with Crippen LogP contribution in [0.1, 0.15) is 19.3 Å². The number of carbonyl (C=O) groups excluding carboxylic acids is 3. The van der Waals surface area contributed by atoms with Crippen LogP contribution in [0.25, 0.3) is 10.8 Å². The van der Waals surface area contributed by atoms with E-state index in [4.69, 9.17) is 0 Å². The predicted octanol–water partition coefficient (Wildman–Crippen LogP) is 3.96. The Morgan fingerprint density at radius 1 is 0.903 bits per heavy atom. The highest BCUT2D eigenvalue weighted by Crippen LogP contribution is 2.32. The fraction of sp³-hybridized carbons (Fsp3) is 0.240. The molecule has 6 heteroatoms. The fourth-order valence-corrected chi connectivity index (χ4v) is 4.48. The molecule has 0 saturated carbocycles. The van der Waals surface area contributed by atoms with E-state index in [2.05, 4.69) is 5.32 Å². The Hall–Kier alpha value is -3.67. The molecule has 0 bridgehead atoms. The van der Waals surface area contributed by atoms with Crippen LogP contribution < -0.4 is 15.1 Å². The minimum atomic E-state index is -0.427. The van der Waals surface area contributed by atoms with Gasteiger partial charge in [-0.25, -0.2) is 0 Å². The van der Waals surface area contributed by atoms with Crippen molar-refractivity contribution in [1.29, 1.82) is 0 Å². The van der Waals surface area contributed by atoms with Gasteiger partial charge in [0.2, 0.25) is 17.7 Å². The zero-order chi connectivity index (χ0) is 21.4. The summed E-state index contributed by atoms with van der Waals surface area (Å²) in [5.74, 6) is -0.548. The highest BCUT2D eigenvalue weighted by Gasteiger charge is 2.35. The number of benzene rings is 3. The molecule has 6 nitrogen and oxygen atoms in total. The molecule has 31 heavy (non-hydrogen) atoms. The minimum Gasteiger partial charge on any atom is -0.326 e. The summed E-state index contributed by atoms with van der Waals surface area (Å²) >= 11 is 0. The Morgan fingerprint density at radius 2 is 1.71 bits per heavy atom. The summed E-state index contributed by atoms with van der Waals surface area (Å²) in [6, 6.07) is 21.1. The van der Waals surface area contributed by atoms with Gasteiger partial charge >= 0.3 is 0 Å². The van der Waals surface area contributed by atoms with Gasteiger partial charge in [-0.2, -0.15) is 0 Å². The van der Waals surface area contributed by atoms with E-state index >= 15 is 0 Å². The molecule has 5 rings (SSSR count). The van der Waals surface area contributed by atoms with Crippen molar-refractivity contribution in [3.8, 4) is 0 Å². The van der Waals surface area contributed by atoms with Crippen molar-refractivity contribution >= 4 is 45.6 Å². The van der Waals surface area contributed by atoms with E-state index in [1.807, 2.05) is 60.7 Å². The maximum absolute atomic E-state index is 12.9. The Balaban J connectivity index is 1.32. The second kappa shape index (κ2) is 7.87. The van der Waals surface area contributed by atoms with Gasteiger partial charge in [0.05, 0.1) is 11.6 Å². The molecule has 1 atom stereocenters. The molecule has 2 heterocycles. The van der Waals surface area contributed by atoms with Crippen molar-refractivity contribution < 1.29 is 14.4 Å². The Labute approximate surface area is 180 Å². The molecule has 0 radical (unpaired) electrons. The van der Waals surface area contributed by atoms with Crippen LogP contribution in [0, 0.1) is 5.92 Å². The molecule has 1 N–H and O–H groups in total. The average molecular weight is 413 g/mol. The highest BCUT2D eigenvalue weighted by atomic mass is 16.2. The third-order valence-corrected chi connectivity index (χ3v) is 6.05. The van der Waals surface area contributed by atoms with Gasteiger partial charge in [0, 0.05) is 42.7 Å². The van der Waals surface area contributed by atoms with Crippen LogP contribution in [0.15, 0.2) is 66.7 Å². The van der Waals surface area contributed by atoms with Crippen molar-refractivity contribution in [2.75, 3.05) is 28.2 Å². The maximum atomic E-state index is 12.9. The van der Waals surface area contributed by atoms with Crippen molar-refractivity contribution in [3.63, 3.8) is 0 Å². The van der Waals surface area contributed by atoms with E-state index in [0.29, 0.717) is 25.2 Å². The van der Waals surface area contributed by atoms with E-state index in [-0.39, 0.29) is 24.1 Å². The SMILES string of the molecule is O=C(Nc1cccc(N2CCCC2=O)c1)[C@H]1CC(=O)N(c2cccc3ccccc23)C1. The summed E-state index contributed by atoms with van der Waals surface area (Å²) in [5.41, 5.74) is 2.27. The largest absolute Gasteiger partial charge is 0.326 e. The molecule has 2 saturated heterocycles. The number of carbonyl (C=O) groups is 3. The van der Waals surface area contributed by atoms with E-state index in [1.54, 1.807) is 15.9 Å². The number of amides is 3. The van der Waals surface area contributed by atoms with Crippen molar-refractivity contribution in [1.82, 2.24) is 0 Å². The molecule has 156 valence electrons. The first kappa shape index (κ1) is 19.3. The number of hydrogen-bond acceptors (Lipinski definition) is 3. The summed E-state index contributed by atoms with van der Waals surface area (Å²) in [6.07, 6.45) is 1.59. The fourth-order valence-electron chi connectivity index (χ4n) is 4.48. The van der Waals surface area contributed by atoms with Gasteiger partial charge in [-0.05, 0) is 36.1 Å². The third-order valence-electron chi connectivity index (χ3n) is 6.05. The van der Waals surface area contributed by atoms with Crippen LogP contribution >= 0.6 is 0 Å². The zero-order valence-electron chi connectivity index (χ0n) is 17.1. The van der Waals surface area contributed by atoms with Gasteiger partial charge in [-0.3, -0.25) is 14.4 Å². The highest BCUT2D eigenvalue weighted by molar-refractivity contribution is 6.08. The molecular weight excluding hydrogens is 390 g/mol. The van der Waals surface area contributed by atoms with Gasteiger partial charge in [0.15, 0.2) is 0 Å². The van der Waals surface area contributed by atoms with Crippen molar-refractivity contribution in [2.24, 2.45) is 5.92 Å². The van der Waals surface area contributed by atoms with Crippen molar-refractivity contribution in [3.05, 3.63) is 66.7 Å². The number of rotatable bonds is 4. The van der Waals surface area contributed by atoms with E-state index < -0.39 is 5.92 Å². The Bertz CT molecular complexity index is 1180. The standard InChI is InChI=1S/C25H23N3O3/c29-23-12-5-13-27(23)20-9-4-8-19(15-20)26-25(31)18-14-24(30)28(16-18)22-11-3-7-17-6-1-2-10-21(17)22/h1-4,6-11,15,18H,5,12-14,16H2,(H,26,31)/t18-/m0/s1. The van der Waals surface area contributed by atoms with E-state index in [0.717, 1.165) is 28.6 Å². The lowest BCUT2D eigenvalue weighted by Crippen LogP contribution is -2.28. The lowest BCUT2D eigenvalue weighted by atomic mass is 10.1. The van der Waals surface area contributed by atoms with Crippen LogP contribution in [0.5, 0.6) is 0 Å². The Kier molecular flexibility index (Phi) is 4.90. The summed E-state index contributed by atoms with van der Waals surface area (Å²) in [5, 5.41) is 5.00. The molecule has 3 aromatic carbocycles. The molecule has 0 aliphatic carbocycles. The molecule has 0 spiro atoms. The van der Waals surface area contributed by atoms with Gasteiger partial charge in [0.1, 0.15) is 0 Å². The topological polar surface area (TPSA) is 69.7 Å². The number of fused-ring (bicyclic) bond motifs is 1. The Morgan fingerprint density at radius 3 is 2.55 bits per heavy atom. The second-order valence-corrected chi connectivity index (χ2v) is 8.09. The summed E-state index contributed by atoms with van der Waals surface area (Å²) < 4.78 is 0. The normalized spacial score (nSPS) is 18.8. The third kappa shape index (κ3) is 3.65. The molecule has 3 aromatic rings. The summed E-state index contributed by atoms with van der Waals surface area (Å²) in [4.78, 5) is 41.2. The van der Waals surface area contributed by atoms with Gasteiger partial charge in [-0.1, -0.05) is 42.5 Å². The number of hydrogen-bond donors (Lipinski definition) is 1. The van der Waals surface area contributed by atoms with E-state index in [1.165, 1.54) is 0 Å². The first-order valence-electron chi connectivity index (χ1n) is 10.6. The summed E-state index contributed by atoms with van der Waals surface area (Å²) in [7, 11) is 0. The first-order valence-corrected chi connectivity index (χ1v) is 10.6. The predicted molar refractivity (Wildman–Crippen MR) is 121 cm³/mol. The second-order valence-electron chi connectivity index (χ2n) is 8.09. The van der Waals surface area contributed by atoms with Crippen LogP contribution in [0.2, 0.25) is 0 Å². The zero-order valence-corrected chi connectivity index (χ0v) is 17.1. The number of anilines is 3. The minimum absolute atomic E-state index is 0.0482. The summed E-state index contributed by atoms with van der Waals surface area (Å²) in [6.45, 7) is 1.05. The van der Waals surface area contributed by atoms with Crippen LogP contribution in [0.3, 0.4) is 0 Å². The maximum Gasteiger partial charge on any atom is 0.229 e. The number of nitrogens with zero attached hydrogens (tertiary/aromatic N) is 2. The lowest BCUT2D eigenvalue weighted by molar-refractivity contribution is -0.122. The smallest absolute Gasteiger partial charge is 0.229 e. The molecule has 0 aromatic heterocycles. The van der Waals surface area contributed by atoms with Gasteiger partial charge in [0.25, 0.3) is 0 Å². The molecule has 2 aliphatic rings. The van der Waals surface area contributed by atoms with Crippen LogP contribution in [-0.4, -0.2) is 30.8 Å². The monoisotopic (exact) mass is 413 g/mol. The quantitative estimate of drug-likeness (QED) is 0.704. The molecular formula is C25H23N3O3. The molecule has 0 unspecified atom stereocenters. The van der Waals surface area contributed by atoms with Crippen LogP contribution in [0.4, 0.5) is 17.1 Å². The molecule has 3 amide bonds. The van der Waals surface area contributed by atoms with Crippen molar-refractivity contribution in [2.45, 2.75) is 19.3 Å². The van der Waals surface area contributed by atoms with E-state index in [9.17, 15) is 14.4 Å². The molecule has 2 fully saturated rings. The van der Waals surface area contributed by atoms with Gasteiger partial charge in [-0.15, -0.1) is 0 Å². The molecule has 2 aliphatic heterocycles. The lowest BCUT2D eigenvalue weighted by Gasteiger charge is -2.19. The van der Waals surface area contributed by atoms with Gasteiger partial charge < -0.3 is 15.1 Å². The number of nitrogens with one attached hydrogen (secondary N) is 1. The first-order chi connectivity index (χ1) is 15.1. The van der Waals surface area contributed by atoms with Crippen LogP contribution in [-0.2, 0) is 14.4 Å².